The van der Waals surface area contributed by atoms with Gasteiger partial charge in [-0.2, -0.15) is 13.2 Å². The van der Waals surface area contributed by atoms with Crippen molar-refractivity contribution in [1.29, 1.82) is 0 Å². The number of benzene rings is 3. The van der Waals surface area contributed by atoms with E-state index in [1.807, 2.05) is 44.2 Å². The Morgan fingerprint density at radius 3 is 2.03 bits per heavy atom. The van der Waals surface area contributed by atoms with Crippen molar-refractivity contribution in [2.24, 2.45) is 0 Å². The molecule has 0 amide bonds. The van der Waals surface area contributed by atoms with E-state index in [1.54, 1.807) is 0 Å². The van der Waals surface area contributed by atoms with Crippen molar-refractivity contribution >= 4 is 16.5 Å². The molecule has 1 heterocycles. The van der Waals surface area contributed by atoms with Crippen molar-refractivity contribution in [1.82, 2.24) is 4.98 Å². The number of hydrogen-bond donors (Lipinski definition) is 1. The second-order valence-electron chi connectivity index (χ2n) is 8.09. The van der Waals surface area contributed by atoms with Crippen LogP contribution in [0.5, 0.6) is 0 Å². The molecule has 0 saturated carbocycles. The van der Waals surface area contributed by atoms with E-state index in [0.717, 1.165) is 28.3 Å². The van der Waals surface area contributed by atoms with E-state index in [2.05, 4.69) is 10.3 Å². The molecule has 8 heteroatoms. The molecule has 0 radical (unpaired) electrons. The minimum absolute atomic E-state index is 0.0563. The van der Waals surface area contributed by atoms with Crippen molar-refractivity contribution in [3.8, 4) is 0 Å². The smallest absolute Gasteiger partial charge is 0.348 e. The summed E-state index contributed by atoms with van der Waals surface area (Å²) < 4.78 is 69.4. The van der Waals surface area contributed by atoms with Gasteiger partial charge in [-0.15, -0.1) is 11.3 Å². The molecule has 4 rings (SSSR count). The van der Waals surface area contributed by atoms with Crippen LogP contribution < -0.4 is 5.32 Å². The summed E-state index contributed by atoms with van der Waals surface area (Å²) in [4.78, 5) is 5.45. The van der Waals surface area contributed by atoms with Gasteiger partial charge in [0.25, 0.3) is 0 Å². The molecule has 0 aliphatic heterocycles. The van der Waals surface area contributed by atoms with Crippen LogP contribution in [-0.4, -0.2) is 4.98 Å². The highest BCUT2D eigenvalue weighted by molar-refractivity contribution is 7.15. The van der Waals surface area contributed by atoms with Crippen LogP contribution in [0.1, 0.15) is 32.8 Å². The minimum atomic E-state index is -4.74. The second kappa shape index (κ2) is 9.18. The zero-order chi connectivity index (χ0) is 24.5. The molecule has 1 aromatic heterocycles. The van der Waals surface area contributed by atoms with Crippen LogP contribution >= 0.6 is 11.3 Å². The number of aryl methyl sites for hydroxylation is 2. The fourth-order valence-corrected chi connectivity index (χ4v) is 4.80. The van der Waals surface area contributed by atoms with E-state index in [-0.39, 0.29) is 12.0 Å². The lowest BCUT2D eigenvalue weighted by Gasteiger charge is -2.37. The highest BCUT2D eigenvalue weighted by Crippen LogP contribution is 2.41. The van der Waals surface area contributed by atoms with Gasteiger partial charge in [0.2, 0.25) is 0 Å². The first kappa shape index (κ1) is 23.9. The van der Waals surface area contributed by atoms with Crippen LogP contribution in [0, 0.1) is 25.5 Å². The number of nitrogens with one attached hydrogen (secondary N) is 1. The first-order valence-corrected chi connectivity index (χ1v) is 11.3. The van der Waals surface area contributed by atoms with Gasteiger partial charge in [-0.05, 0) is 60.9 Å². The van der Waals surface area contributed by atoms with Crippen molar-refractivity contribution in [2.75, 3.05) is 5.32 Å². The predicted octanol–water partition coefficient (Wildman–Crippen LogP) is 7.66. The van der Waals surface area contributed by atoms with Crippen LogP contribution in [0.3, 0.4) is 0 Å². The highest BCUT2D eigenvalue weighted by Gasteiger charge is 2.39. The Kier molecular flexibility index (Phi) is 6.45. The van der Waals surface area contributed by atoms with E-state index >= 15 is 0 Å². The van der Waals surface area contributed by atoms with E-state index in [0.29, 0.717) is 16.8 Å². The Bertz CT molecular complexity index is 1260. The van der Waals surface area contributed by atoms with Crippen LogP contribution in [0.15, 0.2) is 72.8 Å². The second-order valence-corrected chi connectivity index (χ2v) is 9.29. The number of aromatic nitrogens is 1. The molecule has 2 nitrogen and oxygen atoms in total. The lowest BCUT2D eigenvalue weighted by Crippen LogP contribution is -2.39. The Labute approximate surface area is 198 Å². The van der Waals surface area contributed by atoms with E-state index in [1.165, 1.54) is 35.6 Å². The topological polar surface area (TPSA) is 24.9 Å². The molecular weight excluding hydrogens is 467 g/mol. The summed E-state index contributed by atoms with van der Waals surface area (Å²) in [5, 5.41) is 3.78. The van der Waals surface area contributed by atoms with Crippen molar-refractivity contribution in [3.63, 3.8) is 0 Å². The largest absolute Gasteiger partial charge is 0.416 e. The Hall–Kier alpha value is -3.26. The zero-order valence-electron chi connectivity index (χ0n) is 18.4. The maximum Gasteiger partial charge on any atom is 0.416 e. The summed E-state index contributed by atoms with van der Waals surface area (Å²) in [5.74, 6) is -1.51. The van der Waals surface area contributed by atoms with Crippen LogP contribution in [0.25, 0.3) is 0 Å². The molecule has 0 fully saturated rings. The quantitative estimate of drug-likeness (QED) is 0.282. The number of thiazole rings is 1. The average molecular weight is 489 g/mol. The molecule has 0 spiro atoms. The zero-order valence-corrected chi connectivity index (χ0v) is 19.2. The van der Waals surface area contributed by atoms with Gasteiger partial charge in [0.1, 0.15) is 11.6 Å². The molecule has 0 unspecified atom stereocenters. The first-order chi connectivity index (χ1) is 16.1. The summed E-state index contributed by atoms with van der Waals surface area (Å²) in [6, 6.07) is 17.1. The van der Waals surface area contributed by atoms with Crippen LogP contribution in [0.2, 0.25) is 0 Å². The summed E-state index contributed by atoms with van der Waals surface area (Å²) in [6.07, 6.45) is -4.58. The van der Waals surface area contributed by atoms with Gasteiger partial charge in [-0.25, -0.2) is 13.8 Å². The van der Waals surface area contributed by atoms with Gasteiger partial charge in [0, 0.05) is 11.3 Å². The van der Waals surface area contributed by atoms with E-state index < -0.39 is 28.9 Å². The molecule has 3 aromatic carbocycles. The molecule has 0 bridgehead atoms. The average Bonchev–Trinajstić information content (AvgIpc) is 3.10. The highest BCUT2D eigenvalue weighted by atomic mass is 32.1. The van der Waals surface area contributed by atoms with Gasteiger partial charge < -0.3 is 5.32 Å². The molecular formula is C26H21F5N2S. The maximum atomic E-state index is 14.6. The Balaban J connectivity index is 2.01. The predicted molar refractivity (Wildman–Crippen MR) is 124 cm³/mol. The molecule has 34 heavy (non-hydrogen) atoms. The van der Waals surface area contributed by atoms with E-state index in [4.69, 9.17) is 0 Å². The summed E-state index contributed by atoms with van der Waals surface area (Å²) in [6.45, 7) is 3.72. The van der Waals surface area contributed by atoms with Gasteiger partial charge in [-0.3, -0.25) is 0 Å². The summed E-state index contributed by atoms with van der Waals surface area (Å²) in [7, 11) is 0. The monoisotopic (exact) mass is 488 g/mol. The molecule has 0 saturated heterocycles. The minimum Gasteiger partial charge on any atom is -0.348 e. The Morgan fingerprint density at radius 1 is 0.794 bits per heavy atom. The van der Waals surface area contributed by atoms with Gasteiger partial charge in [0.05, 0.1) is 16.8 Å². The summed E-state index contributed by atoms with van der Waals surface area (Å²) >= 11 is 1.35. The lowest BCUT2D eigenvalue weighted by atomic mass is 9.77. The van der Waals surface area contributed by atoms with Gasteiger partial charge >= 0.3 is 6.18 Å². The molecule has 4 aromatic rings. The number of rotatable bonds is 6. The van der Waals surface area contributed by atoms with Crippen LogP contribution in [-0.2, 0) is 18.1 Å². The molecule has 0 aliphatic carbocycles. The molecule has 1 atom stereocenters. The molecule has 176 valence electrons. The third-order valence-corrected chi connectivity index (χ3v) is 6.70. The fourth-order valence-electron chi connectivity index (χ4n) is 3.90. The summed E-state index contributed by atoms with van der Waals surface area (Å²) in [5.41, 5.74) is -0.371. The van der Waals surface area contributed by atoms with Crippen molar-refractivity contribution in [2.45, 2.75) is 32.0 Å². The van der Waals surface area contributed by atoms with Gasteiger partial charge in [-0.1, -0.05) is 42.5 Å². The van der Waals surface area contributed by atoms with E-state index in [9.17, 15) is 22.0 Å². The standard InChI is InChI=1S/C26H21F5N2S/c1-16-17(2)34-24(32-16)33-25(15-18-6-4-3-5-7-18,19-8-10-22(27)11-9-19)20-12-21(26(29,30)31)14-23(28)13-20/h3-14H,15H2,1-2H3,(H,32,33)/t25-/m1/s1. The van der Waals surface area contributed by atoms with Crippen LogP contribution in [0.4, 0.5) is 27.1 Å². The molecule has 0 aliphatic rings. The Morgan fingerprint density at radius 2 is 1.44 bits per heavy atom. The van der Waals surface area contributed by atoms with Crippen molar-refractivity contribution in [3.05, 3.63) is 117 Å². The third kappa shape index (κ3) is 4.97. The number of halogens is 5. The fraction of sp³-hybridized carbons (Fsp3) is 0.192. The normalized spacial score (nSPS) is 13.5. The SMILES string of the molecule is Cc1nc(N[C@](Cc2ccccc2)(c2ccc(F)cc2)c2cc(F)cc(C(F)(F)F)c2)sc1C. The first-order valence-electron chi connectivity index (χ1n) is 10.5. The number of hydrogen-bond acceptors (Lipinski definition) is 3. The third-order valence-electron chi connectivity index (χ3n) is 5.72. The lowest BCUT2D eigenvalue weighted by molar-refractivity contribution is -0.137. The number of anilines is 1. The number of alkyl halides is 3. The van der Waals surface area contributed by atoms with Crippen molar-refractivity contribution < 1.29 is 22.0 Å². The molecule has 1 N–H and O–H groups in total. The maximum absolute atomic E-state index is 14.6. The number of nitrogens with zero attached hydrogens (tertiary/aromatic N) is 1. The van der Waals surface area contributed by atoms with Gasteiger partial charge in [0.15, 0.2) is 5.13 Å².